The molecule has 5 heteroatoms. The first kappa shape index (κ1) is 25.1. The molecule has 0 amide bonds. The van der Waals surface area contributed by atoms with Crippen LogP contribution in [-0.2, 0) is 9.09 Å². The topological polar surface area (TPSA) is 66.8 Å². The van der Waals surface area contributed by atoms with Gasteiger partial charge in [0.15, 0.2) is 0 Å². The summed E-state index contributed by atoms with van der Waals surface area (Å²) < 4.78 is 16.9. The molecule has 0 aromatic rings. The Morgan fingerprint density at radius 1 is 0.800 bits per heavy atom. The minimum Gasteiger partial charge on any atom is -0.303 e. The van der Waals surface area contributed by atoms with E-state index in [2.05, 4.69) is 34.6 Å². The van der Waals surface area contributed by atoms with Gasteiger partial charge in [-0.3, -0.25) is 4.52 Å². The molecule has 4 nitrogen and oxygen atoms in total. The maximum absolute atomic E-state index is 11.6. The van der Waals surface area contributed by atoms with Crippen molar-refractivity contribution >= 4 is 7.82 Å². The van der Waals surface area contributed by atoms with Gasteiger partial charge >= 0.3 is 7.82 Å². The van der Waals surface area contributed by atoms with Crippen molar-refractivity contribution in [2.45, 2.75) is 117 Å². The van der Waals surface area contributed by atoms with Gasteiger partial charge in [-0.05, 0) is 31.1 Å². The molecule has 0 unspecified atom stereocenters. The van der Waals surface area contributed by atoms with Crippen LogP contribution in [0.25, 0.3) is 0 Å². The van der Waals surface area contributed by atoms with Gasteiger partial charge in [-0.2, -0.15) is 0 Å². The summed E-state index contributed by atoms with van der Waals surface area (Å²) in [5.74, 6) is 1.43. The Balaban J connectivity index is 4.61. The van der Waals surface area contributed by atoms with Crippen LogP contribution in [0.1, 0.15) is 112 Å². The lowest BCUT2D eigenvalue weighted by Gasteiger charge is -2.34. The van der Waals surface area contributed by atoms with E-state index in [4.69, 9.17) is 4.52 Å². The number of rotatable bonds is 16. The highest BCUT2D eigenvalue weighted by Gasteiger charge is 2.36. The van der Waals surface area contributed by atoms with E-state index in [0.717, 1.165) is 51.4 Å². The zero-order valence-electron chi connectivity index (χ0n) is 17.3. The summed E-state index contributed by atoms with van der Waals surface area (Å²) in [6, 6.07) is 0. The van der Waals surface area contributed by atoms with E-state index >= 15 is 0 Å². The van der Waals surface area contributed by atoms with E-state index in [1.807, 2.05) is 0 Å². The fraction of sp³-hybridized carbons (Fsp3) is 1.00. The fourth-order valence-electron chi connectivity index (χ4n) is 3.57. The molecule has 0 bridgehead atoms. The minimum absolute atomic E-state index is 0.649. The Labute approximate surface area is 156 Å². The Morgan fingerprint density at radius 3 is 1.56 bits per heavy atom. The number of unbranched alkanes of at least 4 members (excludes halogenated alkanes) is 4. The minimum atomic E-state index is -4.46. The van der Waals surface area contributed by atoms with E-state index < -0.39 is 13.4 Å². The highest BCUT2D eigenvalue weighted by atomic mass is 31.2. The van der Waals surface area contributed by atoms with Crippen molar-refractivity contribution in [3.63, 3.8) is 0 Å². The van der Waals surface area contributed by atoms with Crippen molar-refractivity contribution in [1.29, 1.82) is 0 Å². The second kappa shape index (κ2) is 13.3. The molecule has 2 N–H and O–H groups in total. The Hall–Kier alpha value is 0.110. The van der Waals surface area contributed by atoms with Crippen LogP contribution >= 0.6 is 7.82 Å². The van der Waals surface area contributed by atoms with Gasteiger partial charge in [-0.1, -0.05) is 92.4 Å². The molecule has 25 heavy (non-hydrogen) atoms. The predicted molar refractivity (Wildman–Crippen MR) is 107 cm³/mol. The van der Waals surface area contributed by atoms with Gasteiger partial charge in [0.25, 0.3) is 0 Å². The van der Waals surface area contributed by atoms with Gasteiger partial charge in [0.1, 0.15) is 0 Å². The second-order valence-corrected chi connectivity index (χ2v) is 9.66. The van der Waals surface area contributed by atoms with E-state index in [9.17, 15) is 14.4 Å². The number of phosphoric acid groups is 1. The van der Waals surface area contributed by atoms with Crippen LogP contribution in [0.2, 0.25) is 0 Å². The molecule has 0 aromatic heterocycles. The quantitative estimate of drug-likeness (QED) is 0.228. The zero-order valence-corrected chi connectivity index (χ0v) is 18.2. The highest BCUT2D eigenvalue weighted by Crippen LogP contribution is 2.47. The van der Waals surface area contributed by atoms with Gasteiger partial charge < -0.3 is 9.79 Å². The summed E-state index contributed by atoms with van der Waals surface area (Å²) in [5.41, 5.74) is -0.649. The van der Waals surface area contributed by atoms with E-state index in [1.54, 1.807) is 0 Å². The molecule has 0 atom stereocenters. The molecule has 0 aliphatic heterocycles. The van der Waals surface area contributed by atoms with Crippen molar-refractivity contribution < 1.29 is 18.9 Å². The number of phosphoric ester groups is 1. The normalized spacial score (nSPS) is 13.2. The third-order valence-electron chi connectivity index (χ3n) is 4.85. The van der Waals surface area contributed by atoms with Crippen LogP contribution < -0.4 is 0 Å². The summed E-state index contributed by atoms with van der Waals surface area (Å²) in [4.78, 5) is 18.8. The first-order valence-electron chi connectivity index (χ1n) is 10.4. The zero-order chi connectivity index (χ0) is 19.3. The smallest absolute Gasteiger partial charge is 0.303 e. The molecule has 0 fully saturated rings. The maximum Gasteiger partial charge on any atom is 0.470 e. The Kier molecular flexibility index (Phi) is 13.4. The van der Waals surface area contributed by atoms with Crippen LogP contribution in [-0.4, -0.2) is 15.4 Å². The molecule has 0 radical (unpaired) electrons. The van der Waals surface area contributed by atoms with Gasteiger partial charge in [-0.15, -0.1) is 0 Å². The van der Waals surface area contributed by atoms with Gasteiger partial charge in [0.2, 0.25) is 0 Å². The molecule has 0 aliphatic carbocycles. The summed E-state index contributed by atoms with van der Waals surface area (Å²) in [7, 11) is -4.46. The van der Waals surface area contributed by atoms with Gasteiger partial charge in [0, 0.05) is 0 Å². The summed E-state index contributed by atoms with van der Waals surface area (Å²) >= 11 is 0. The molecule has 0 saturated heterocycles. The summed E-state index contributed by atoms with van der Waals surface area (Å²) in [6.07, 6.45) is 12.1. The van der Waals surface area contributed by atoms with Crippen molar-refractivity contribution in [2.24, 2.45) is 11.8 Å². The van der Waals surface area contributed by atoms with Crippen LogP contribution in [0.4, 0.5) is 0 Å². The van der Waals surface area contributed by atoms with Gasteiger partial charge in [0.05, 0.1) is 5.60 Å². The van der Waals surface area contributed by atoms with Gasteiger partial charge in [-0.25, -0.2) is 4.57 Å². The standard InChI is InChI=1S/C20H43O4P/c1-6-15-20(24-25(21,22)23,16-11-7-9-13-18(2)3)17-12-8-10-14-19(4)5/h18-19H,6-17H2,1-5H3,(H2,21,22,23). The molecule has 0 heterocycles. The van der Waals surface area contributed by atoms with Crippen molar-refractivity contribution in [2.75, 3.05) is 0 Å². The molecule has 0 saturated carbocycles. The molecule has 0 rings (SSSR count). The van der Waals surface area contributed by atoms with E-state index in [-0.39, 0.29) is 0 Å². The Bertz CT molecular complexity index is 345. The number of hydrogen-bond donors (Lipinski definition) is 2. The average Bonchev–Trinajstić information content (AvgIpc) is 2.44. The summed E-state index contributed by atoms with van der Waals surface area (Å²) in [6.45, 7) is 11.0. The second-order valence-electron chi connectivity index (χ2n) is 8.50. The Morgan fingerprint density at radius 2 is 1.24 bits per heavy atom. The average molecular weight is 379 g/mol. The third-order valence-corrected chi connectivity index (χ3v) is 5.47. The van der Waals surface area contributed by atoms with Crippen molar-refractivity contribution in [3.05, 3.63) is 0 Å². The largest absolute Gasteiger partial charge is 0.470 e. The van der Waals surface area contributed by atoms with Crippen LogP contribution in [0.5, 0.6) is 0 Å². The van der Waals surface area contributed by atoms with Crippen LogP contribution in [0, 0.1) is 11.8 Å². The summed E-state index contributed by atoms with van der Waals surface area (Å²) in [5, 5.41) is 0. The number of hydrogen-bond acceptors (Lipinski definition) is 2. The van der Waals surface area contributed by atoms with Crippen LogP contribution in [0.3, 0.4) is 0 Å². The molecular formula is C20H43O4P. The molecule has 0 spiro atoms. The maximum atomic E-state index is 11.6. The molecular weight excluding hydrogens is 335 g/mol. The van der Waals surface area contributed by atoms with Crippen molar-refractivity contribution in [1.82, 2.24) is 0 Å². The van der Waals surface area contributed by atoms with Crippen LogP contribution in [0.15, 0.2) is 0 Å². The molecule has 152 valence electrons. The van der Waals surface area contributed by atoms with E-state index in [1.165, 1.54) is 25.7 Å². The monoisotopic (exact) mass is 378 g/mol. The van der Waals surface area contributed by atoms with E-state index in [0.29, 0.717) is 11.8 Å². The first-order chi connectivity index (χ1) is 11.6. The third kappa shape index (κ3) is 14.9. The highest BCUT2D eigenvalue weighted by molar-refractivity contribution is 7.46. The lowest BCUT2D eigenvalue weighted by Crippen LogP contribution is -2.31. The lowest BCUT2D eigenvalue weighted by atomic mass is 9.85. The lowest BCUT2D eigenvalue weighted by molar-refractivity contribution is 0.00678. The SMILES string of the molecule is CCCC(CCCCCC(C)C)(CCCCCC(C)C)OP(=O)(O)O. The van der Waals surface area contributed by atoms with Crippen molar-refractivity contribution in [3.8, 4) is 0 Å². The molecule has 0 aromatic carbocycles. The predicted octanol–water partition coefficient (Wildman–Crippen LogP) is 6.85. The fourth-order valence-corrected chi connectivity index (χ4v) is 4.35. The molecule has 0 aliphatic rings. The first-order valence-corrected chi connectivity index (χ1v) is 11.9.